The minimum absolute atomic E-state index is 0.187. The zero-order valence-corrected chi connectivity index (χ0v) is 14.5. The van der Waals surface area contributed by atoms with E-state index in [-0.39, 0.29) is 17.9 Å². The van der Waals surface area contributed by atoms with E-state index in [1.165, 1.54) is 16.4 Å². The van der Waals surface area contributed by atoms with Crippen LogP contribution < -0.4 is 0 Å². The number of aryl methyl sites for hydroxylation is 1. The van der Waals surface area contributed by atoms with Crippen LogP contribution >= 0.6 is 0 Å². The normalized spacial score (nSPS) is 15.5. The second-order valence-corrected chi connectivity index (χ2v) is 7.83. The summed E-state index contributed by atoms with van der Waals surface area (Å²) in [6.45, 7) is 0.957. The summed E-state index contributed by atoms with van der Waals surface area (Å²) in [5.41, 5.74) is 2.86. The van der Waals surface area contributed by atoms with E-state index < -0.39 is 15.8 Å². The van der Waals surface area contributed by atoms with Crippen LogP contribution in [0.2, 0.25) is 0 Å². The molecule has 0 saturated carbocycles. The van der Waals surface area contributed by atoms with E-state index >= 15 is 0 Å². The second kappa shape index (κ2) is 6.62. The Hall–Kier alpha value is -1.77. The SMILES string of the molecule is COCc1nn(C)c2c1CN(S(=O)(=O)Cc1ccccc1F)CC2. The lowest BCUT2D eigenvalue weighted by Crippen LogP contribution is -2.37. The summed E-state index contributed by atoms with van der Waals surface area (Å²) < 4.78 is 47.5. The zero-order valence-electron chi connectivity index (χ0n) is 13.7. The minimum Gasteiger partial charge on any atom is -0.378 e. The van der Waals surface area contributed by atoms with Crippen LogP contribution in [-0.2, 0) is 47.1 Å². The van der Waals surface area contributed by atoms with Crippen molar-refractivity contribution in [2.45, 2.75) is 25.3 Å². The first kappa shape index (κ1) is 17.1. The summed E-state index contributed by atoms with van der Waals surface area (Å²) in [4.78, 5) is 0. The van der Waals surface area contributed by atoms with E-state index in [1.807, 2.05) is 7.05 Å². The van der Waals surface area contributed by atoms with E-state index in [0.717, 1.165) is 17.0 Å². The third-order valence-corrected chi connectivity index (χ3v) is 6.03. The molecule has 3 rings (SSSR count). The van der Waals surface area contributed by atoms with Crippen LogP contribution in [0.1, 0.15) is 22.5 Å². The van der Waals surface area contributed by atoms with Crippen LogP contribution in [0.25, 0.3) is 0 Å². The zero-order chi connectivity index (χ0) is 17.3. The molecule has 0 amide bonds. The average Bonchev–Trinajstić information content (AvgIpc) is 2.86. The number of ether oxygens (including phenoxy) is 1. The minimum atomic E-state index is -3.61. The average molecular weight is 353 g/mol. The van der Waals surface area contributed by atoms with Crippen molar-refractivity contribution >= 4 is 10.0 Å². The lowest BCUT2D eigenvalue weighted by molar-refractivity contribution is 0.179. The molecule has 2 aromatic rings. The molecule has 6 nitrogen and oxygen atoms in total. The lowest BCUT2D eigenvalue weighted by atomic mass is 10.1. The maximum Gasteiger partial charge on any atom is 0.218 e. The number of hydrogen-bond acceptors (Lipinski definition) is 4. The van der Waals surface area contributed by atoms with Gasteiger partial charge >= 0.3 is 0 Å². The van der Waals surface area contributed by atoms with Crippen LogP contribution in [0, 0.1) is 5.82 Å². The Labute approximate surface area is 140 Å². The van der Waals surface area contributed by atoms with Gasteiger partial charge in [-0.2, -0.15) is 9.40 Å². The molecule has 0 atom stereocenters. The first-order valence-electron chi connectivity index (χ1n) is 7.66. The van der Waals surface area contributed by atoms with E-state index in [9.17, 15) is 12.8 Å². The number of aromatic nitrogens is 2. The summed E-state index contributed by atoms with van der Waals surface area (Å²) in [6, 6.07) is 5.96. The van der Waals surface area contributed by atoms with E-state index in [2.05, 4.69) is 5.10 Å². The first-order valence-corrected chi connectivity index (χ1v) is 9.27. The first-order chi connectivity index (χ1) is 11.4. The molecule has 1 aromatic heterocycles. The molecule has 1 aliphatic heterocycles. The molecule has 8 heteroatoms. The smallest absolute Gasteiger partial charge is 0.218 e. The molecular formula is C16H20FN3O3S. The molecule has 0 saturated heterocycles. The number of hydrogen-bond donors (Lipinski definition) is 0. The van der Waals surface area contributed by atoms with Gasteiger partial charge in [-0.1, -0.05) is 18.2 Å². The predicted molar refractivity (Wildman–Crippen MR) is 87.1 cm³/mol. The molecule has 0 spiro atoms. The highest BCUT2D eigenvalue weighted by molar-refractivity contribution is 7.88. The van der Waals surface area contributed by atoms with Gasteiger partial charge in [-0.15, -0.1) is 0 Å². The summed E-state index contributed by atoms with van der Waals surface area (Å²) in [6.07, 6.45) is 0.582. The van der Waals surface area contributed by atoms with E-state index in [4.69, 9.17) is 4.74 Å². The molecule has 1 aromatic carbocycles. The third kappa shape index (κ3) is 3.22. The number of fused-ring (bicyclic) bond motifs is 1. The van der Waals surface area contributed by atoms with Crippen LogP contribution in [0.5, 0.6) is 0 Å². The van der Waals surface area contributed by atoms with Crippen LogP contribution in [0.15, 0.2) is 24.3 Å². The van der Waals surface area contributed by atoms with Gasteiger partial charge in [-0.05, 0) is 6.07 Å². The van der Waals surface area contributed by atoms with Gasteiger partial charge < -0.3 is 4.74 Å². The molecule has 0 fully saturated rings. The van der Waals surface area contributed by atoms with Crippen molar-refractivity contribution in [1.82, 2.24) is 14.1 Å². The van der Waals surface area contributed by atoms with Crippen molar-refractivity contribution in [3.8, 4) is 0 Å². The molecule has 0 unspecified atom stereocenters. The van der Waals surface area contributed by atoms with Gasteiger partial charge in [-0.3, -0.25) is 4.68 Å². The van der Waals surface area contributed by atoms with Crippen molar-refractivity contribution in [2.75, 3.05) is 13.7 Å². The Morgan fingerprint density at radius 3 is 2.79 bits per heavy atom. The van der Waals surface area contributed by atoms with E-state index in [0.29, 0.717) is 19.6 Å². The van der Waals surface area contributed by atoms with Crippen LogP contribution in [-0.4, -0.2) is 36.2 Å². The molecule has 0 N–H and O–H groups in total. The summed E-state index contributed by atoms with van der Waals surface area (Å²) in [5.74, 6) is -0.838. The third-order valence-electron chi connectivity index (χ3n) is 4.26. The summed E-state index contributed by atoms with van der Waals surface area (Å²) in [5, 5.41) is 4.41. The number of rotatable bonds is 5. The Kier molecular flexibility index (Phi) is 4.71. The molecular weight excluding hydrogens is 333 g/mol. The van der Waals surface area contributed by atoms with Gasteiger partial charge in [0, 0.05) is 50.5 Å². The van der Waals surface area contributed by atoms with Crippen molar-refractivity contribution < 1.29 is 17.5 Å². The molecule has 130 valence electrons. The van der Waals surface area contributed by atoms with Gasteiger partial charge in [0.15, 0.2) is 0 Å². The molecule has 0 aliphatic carbocycles. The quantitative estimate of drug-likeness (QED) is 0.819. The number of halogens is 1. The van der Waals surface area contributed by atoms with Gasteiger partial charge in [0.1, 0.15) is 5.82 Å². The standard InChI is InChI=1S/C16H20FN3O3S/c1-19-16-7-8-20(9-13(16)15(18-19)10-23-2)24(21,22)11-12-5-3-4-6-14(12)17/h3-6H,7-11H2,1-2H3. The van der Waals surface area contributed by atoms with E-state index in [1.54, 1.807) is 23.9 Å². The van der Waals surface area contributed by atoms with Crippen molar-refractivity contribution in [1.29, 1.82) is 0 Å². The molecule has 1 aliphatic rings. The molecule has 0 radical (unpaired) electrons. The maximum atomic E-state index is 13.8. The van der Waals surface area contributed by atoms with Gasteiger partial charge in [0.05, 0.1) is 18.1 Å². The van der Waals surface area contributed by atoms with Crippen molar-refractivity contribution in [3.05, 3.63) is 52.6 Å². The lowest BCUT2D eigenvalue weighted by Gasteiger charge is -2.27. The van der Waals surface area contributed by atoms with Gasteiger partial charge in [0.2, 0.25) is 10.0 Å². The maximum absolute atomic E-state index is 13.8. The fourth-order valence-electron chi connectivity index (χ4n) is 3.04. The second-order valence-electron chi connectivity index (χ2n) is 5.86. The summed E-state index contributed by atoms with van der Waals surface area (Å²) in [7, 11) is -0.180. The number of sulfonamides is 1. The van der Waals surface area contributed by atoms with Crippen LogP contribution in [0.4, 0.5) is 4.39 Å². The number of benzene rings is 1. The molecule has 2 heterocycles. The Morgan fingerprint density at radius 2 is 2.08 bits per heavy atom. The molecule has 0 bridgehead atoms. The highest BCUT2D eigenvalue weighted by Crippen LogP contribution is 2.26. The number of methoxy groups -OCH3 is 1. The fourth-order valence-corrected chi connectivity index (χ4v) is 4.54. The van der Waals surface area contributed by atoms with Crippen molar-refractivity contribution in [3.63, 3.8) is 0 Å². The highest BCUT2D eigenvalue weighted by atomic mass is 32.2. The largest absolute Gasteiger partial charge is 0.378 e. The highest BCUT2D eigenvalue weighted by Gasteiger charge is 2.31. The van der Waals surface area contributed by atoms with Crippen molar-refractivity contribution in [2.24, 2.45) is 7.05 Å². The van der Waals surface area contributed by atoms with Crippen LogP contribution in [0.3, 0.4) is 0 Å². The Balaban J connectivity index is 1.85. The monoisotopic (exact) mass is 353 g/mol. The Bertz CT molecular complexity index is 848. The van der Waals surface area contributed by atoms with Gasteiger partial charge in [-0.25, -0.2) is 12.8 Å². The summed E-state index contributed by atoms with van der Waals surface area (Å²) >= 11 is 0. The Morgan fingerprint density at radius 1 is 1.33 bits per heavy atom. The topological polar surface area (TPSA) is 64.4 Å². The fraction of sp³-hybridized carbons (Fsp3) is 0.438. The molecule has 24 heavy (non-hydrogen) atoms. The van der Waals surface area contributed by atoms with Gasteiger partial charge in [0.25, 0.3) is 0 Å². The predicted octanol–water partition coefficient (Wildman–Crippen LogP) is 1.59. The number of nitrogens with zero attached hydrogens (tertiary/aromatic N) is 3.